The van der Waals surface area contributed by atoms with Gasteiger partial charge in [0.1, 0.15) is 0 Å². The Labute approximate surface area is 125 Å². The van der Waals surface area contributed by atoms with Gasteiger partial charge in [0.25, 0.3) is 5.91 Å². The summed E-state index contributed by atoms with van der Waals surface area (Å²) in [7, 11) is -3.21. The second-order valence-corrected chi connectivity index (χ2v) is 8.09. The Morgan fingerprint density at radius 3 is 2.29 bits per heavy atom. The Kier molecular flexibility index (Phi) is 3.75. The van der Waals surface area contributed by atoms with Crippen molar-refractivity contribution in [3.8, 4) is 0 Å². The first-order chi connectivity index (χ1) is 10.0. The van der Waals surface area contributed by atoms with Crippen molar-refractivity contribution in [2.45, 2.75) is 11.8 Å². The van der Waals surface area contributed by atoms with Crippen LogP contribution in [-0.2, 0) is 9.84 Å². The summed E-state index contributed by atoms with van der Waals surface area (Å²) in [5, 5.41) is 3.35. The first-order valence-corrected chi connectivity index (χ1v) is 8.99. The molecule has 2 atom stereocenters. The molecule has 0 unspecified atom stereocenters. The van der Waals surface area contributed by atoms with Gasteiger partial charge in [-0.05, 0) is 36.1 Å². The SMILES string of the molecule is CCS(=O)(=O)c1ccc(C(=O)N2C[C@H]3CNC[C@H]3C2)cc1. The van der Waals surface area contributed by atoms with E-state index in [1.807, 2.05) is 4.90 Å². The maximum atomic E-state index is 12.5. The number of sulfone groups is 1. The monoisotopic (exact) mass is 308 g/mol. The zero-order valence-electron chi connectivity index (χ0n) is 12.1. The van der Waals surface area contributed by atoms with Crippen molar-refractivity contribution < 1.29 is 13.2 Å². The molecule has 0 saturated carbocycles. The van der Waals surface area contributed by atoms with Crippen LogP contribution in [0.4, 0.5) is 0 Å². The van der Waals surface area contributed by atoms with Gasteiger partial charge in [0.05, 0.1) is 10.6 Å². The van der Waals surface area contributed by atoms with Gasteiger partial charge < -0.3 is 10.2 Å². The van der Waals surface area contributed by atoms with Gasteiger partial charge >= 0.3 is 0 Å². The predicted octanol–water partition coefficient (Wildman–Crippen LogP) is 0.772. The zero-order valence-corrected chi connectivity index (χ0v) is 12.9. The molecule has 1 amide bonds. The van der Waals surface area contributed by atoms with Crippen molar-refractivity contribution in [3.05, 3.63) is 29.8 Å². The summed E-state index contributed by atoms with van der Waals surface area (Å²) in [5.41, 5.74) is 0.568. The number of nitrogens with one attached hydrogen (secondary N) is 1. The third-order valence-corrected chi connectivity index (χ3v) is 6.27. The first kappa shape index (κ1) is 14.5. The molecular weight excluding hydrogens is 288 g/mol. The molecule has 2 fully saturated rings. The van der Waals surface area contributed by atoms with Gasteiger partial charge in [0, 0.05) is 31.7 Å². The number of nitrogens with zero attached hydrogens (tertiary/aromatic N) is 1. The molecule has 0 radical (unpaired) electrons. The van der Waals surface area contributed by atoms with Gasteiger partial charge in [0.2, 0.25) is 0 Å². The molecule has 0 aromatic heterocycles. The molecular formula is C15H20N2O3S. The first-order valence-electron chi connectivity index (χ1n) is 7.34. The lowest BCUT2D eigenvalue weighted by molar-refractivity contribution is 0.0781. The van der Waals surface area contributed by atoms with Crippen LogP contribution in [0.25, 0.3) is 0 Å². The number of benzene rings is 1. The lowest BCUT2D eigenvalue weighted by Gasteiger charge is -2.17. The van der Waals surface area contributed by atoms with Crippen molar-refractivity contribution in [2.75, 3.05) is 31.9 Å². The summed E-state index contributed by atoms with van der Waals surface area (Å²) in [4.78, 5) is 14.6. The minimum absolute atomic E-state index is 0.00449. The normalized spacial score (nSPS) is 25.1. The molecule has 1 N–H and O–H groups in total. The van der Waals surface area contributed by atoms with Crippen molar-refractivity contribution in [3.63, 3.8) is 0 Å². The maximum absolute atomic E-state index is 12.5. The lowest BCUT2D eigenvalue weighted by Crippen LogP contribution is -2.31. The number of carbonyl (C=O) groups excluding carboxylic acids is 1. The molecule has 2 saturated heterocycles. The minimum Gasteiger partial charge on any atom is -0.338 e. The van der Waals surface area contributed by atoms with E-state index in [9.17, 15) is 13.2 Å². The molecule has 0 aliphatic carbocycles. The quantitative estimate of drug-likeness (QED) is 0.896. The van der Waals surface area contributed by atoms with Crippen LogP contribution in [0.2, 0.25) is 0 Å². The molecule has 0 bridgehead atoms. The molecule has 0 spiro atoms. The van der Waals surface area contributed by atoms with Crippen LogP contribution in [0.1, 0.15) is 17.3 Å². The van der Waals surface area contributed by atoms with Crippen LogP contribution >= 0.6 is 0 Å². The third-order valence-electron chi connectivity index (χ3n) is 4.52. The summed E-state index contributed by atoms with van der Waals surface area (Å²) < 4.78 is 23.5. The van der Waals surface area contributed by atoms with E-state index in [-0.39, 0.29) is 16.6 Å². The van der Waals surface area contributed by atoms with Crippen molar-refractivity contribution in [2.24, 2.45) is 11.8 Å². The number of fused-ring (bicyclic) bond motifs is 1. The fraction of sp³-hybridized carbons (Fsp3) is 0.533. The van der Waals surface area contributed by atoms with Gasteiger partial charge in [-0.2, -0.15) is 0 Å². The van der Waals surface area contributed by atoms with Gasteiger partial charge in [0.15, 0.2) is 9.84 Å². The largest absolute Gasteiger partial charge is 0.338 e. The number of hydrogen-bond acceptors (Lipinski definition) is 4. The fourth-order valence-corrected chi connectivity index (χ4v) is 4.06. The van der Waals surface area contributed by atoms with Gasteiger partial charge in [-0.25, -0.2) is 8.42 Å². The molecule has 1 aromatic rings. The highest BCUT2D eigenvalue weighted by Gasteiger charge is 2.38. The summed E-state index contributed by atoms with van der Waals surface area (Å²) in [6.45, 7) is 5.19. The van der Waals surface area contributed by atoms with E-state index in [1.54, 1.807) is 19.1 Å². The van der Waals surface area contributed by atoms with Crippen LogP contribution in [0, 0.1) is 11.8 Å². The van der Waals surface area contributed by atoms with Gasteiger partial charge in [-0.15, -0.1) is 0 Å². The van der Waals surface area contributed by atoms with E-state index < -0.39 is 9.84 Å². The summed E-state index contributed by atoms with van der Waals surface area (Å²) in [6, 6.07) is 6.31. The molecule has 2 aliphatic rings. The highest BCUT2D eigenvalue weighted by Crippen LogP contribution is 2.27. The highest BCUT2D eigenvalue weighted by molar-refractivity contribution is 7.91. The zero-order chi connectivity index (χ0) is 15.0. The smallest absolute Gasteiger partial charge is 0.253 e. The number of carbonyl (C=O) groups is 1. The maximum Gasteiger partial charge on any atom is 0.253 e. The summed E-state index contributed by atoms with van der Waals surface area (Å²) >= 11 is 0. The molecule has 1 aromatic carbocycles. The van der Waals surface area contributed by atoms with Crippen LogP contribution in [0.15, 0.2) is 29.2 Å². The van der Waals surface area contributed by atoms with E-state index in [0.717, 1.165) is 26.2 Å². The van der Waals surface area contributed by atoms with Crippen LogP contribution in [0.3, 0.4) is 0 Å². The molecule has 114 valence electrons. The summed E-state index contributed by atoms with van der Waals surface area (Å²) in [6.07, 6.45) is 0. The second-order valence-electron chi connectivity index (χ2n) is 5.82. The lowest BCUT2D eigenvalue weighted by atomic mass is 10.0. The van der Waals surface area contributed by atoms with Crippen molar-refractivity contribution in [1.82, 2.24) is 10.2 Å². The molecule has 6 heteroatoms. The van der Waals surface area contributed by atoms with Gasteiger partial charge in [-0.3, -0.25) is 4.79 Å². The second kappa shape index (κ2) is 5.42. The van der Waals surface area contributed by atoms with Crippen LogP contribution in [0.5, 0.6) is 0 Å². The van der Waals surface area contributed by atoms with Crippen molar-refractivity contribution >= 4 is 15.7 Å². The standard InChI is InChI=1S/C15H20N2O3S/c1-2-21(19,20)14-5-3-11(4-6-14)15(18)17-9-12-7-16-8-13(12)10-17/h3-6,12-13,16H,2,7-10H2,1H3/t12-,13+. The molecule has 2 heterocycles. The Morgan fingerprint density at radius 1 is 1.19 bits per heavy atom. The summed E-state index contributed by atoms with van der Waals surface area (Å²) in [5.74, 6) is 1.20. The van der Waals surface area contributed by atoms with E-state index in [2.05, 4.69) is 5.32 Å². The number of likely N-dealkylation sites (tertiary alicyclic amines) is 1. The van der Waals surface area contributed by atoms with E-state index in [0.29, 0.717) is 17.4 Å². The number of hydrogen-bond donors (Lipinski definition) is 1. The van der Waals surface area contributed by atoms with Crippen LogP contribution < -0.4 is 5.32 Å². The minimum atomic E-state index is -3.21. The van der Waals surface area contributed by atoms with E-state index in [4.69, 9.17) is 0 Å². The third kappa shape index (κ3) is 2.70. The van der Waals surface area contributed by atoms with Gasteiger partial charge in [-0.1, -0.05) is 6.92 Å². The Hall–Kier alpha value is -1.40. The Bertz CT molecular complexity index is 627. The fourth-order valence-electron chi connectivity index (χ4n) is 3.18. The van der Waals surface area contributed by atoms with E-state index >= 15 is 0 Å². The molecule has 5 nitrogen and oxygen atoms in total. The predicted molar refractivity (Wildman–Crippen MR) is 79.9 cm³/mol. The molecule has 3 rings (SSSR count). The highest BCUT2D eigenvalue weighted by atomic mass is 32.2. The molecule has 21 heavy (non-hydrogen) atoms. The number of amides is 1. The van der Waals surface area contributed by atoms with Crippen LogP contribution in [-0.4, -0.2) is 51.2 Å². The Morgan fingerprint density at radius 2 is 1.76 bits per heavy atom. The topological polar surface area (TPSA) is 66.5 Å². The van der Waals surface area contributed by atoms with Crippen molar-refractivity contribution in [1.29, 1.82) is 0 Å². The number of rotatable bonds is 3. The molecule has 2 aliphatic heterocycles. The van der Waals surface area contributed by atoms with E-state index in [1.165, 1.54) is 12.1 Å². The average molecular weight is 308 g/mol. The Balaban J connectivity index is 1.74. The average Bonchev–Trinajstić information content (AvgIpc) is 3.08.